The van der Waals surface area contributed by atoms with Gasteiger partial charge >= 0.3 is 11.9 Å². The van der Waals surface area contributed by atoms with Crippen molar-refractivity contribution in [3.05, 3.63) is 76.3 Å². The Balaban J connectivity index is 1.54. The maximum absolute atomic E-state index is 12.8. The molecule has 1 aromatic heterocycles. The summed E-state index contributed by atoms with van der Waals surface area (Å²) in [5.74, 6) is -0.930. The SMILES string of the molecule is CSc1c(C#N)c(N)nn1[C@H]1C[C@H](OC(=O)c2ccc(C)cc2)[C@@H](COC(=O)c2ccc(C)cc2)O1. The molecule has 1 aliphatic heterocycles. The quantitative estimate of drug-likeness (QED) is 0.373. The van der Waals surface area contributed by atoms with Gasteiger partial charge in [-0.15, -0.1) is 11.8 Å². The maximum Gasteiger partial charge on any atom is 0.338 e. The van der Waals surface area contributed by atoms with Crippen LogP contribution in [0.25, 0.3) is 0 Å². The van der Waals surface area contributed by atoms with E-state index in [1.54, 1.807) is 30.5 Å². The van der Waals surface area contributed by atoms with E-state index in [4.69, 9.17) is 19.9 Å². The number of nitriles is 1. The summed E-state index contributed by atoms with van der Waals surface area (Å²) in [4.78, 5) is 25.4. The normalized spacial score (nSPS) is 19.0. The molecule has 1 aliphatic rings. The van der Waals surface area contributed by atoms with Crippen LogP contribution in [0, 0.1) is 25.2 Å². The first-order valence-corrected chi connectivity index (χ1v) is 12.5. The number of thioether (sulfide) groups is 1. The van der Waals surface area contributed by atoms with Crippen LogP contribution in [0.15, 0.2) is 53.6 Å². The molecule has 186 valence electrons. The Bertz CT molecular complexity index is 1300. The molecular weight excluding hydrogens is 480 g/mol. The first-order chi connectivity index (χ1) is 17.3. The van der Waals surface area contributed by atoms with Crippen LogP contribution in [0.4, 0.5) is 5.82 Å². The van der Waals surface area contributed by atoms with E-state index in [2.05, 4.69) is 11.2 Å². The van der Waals surface area contributed by atoms with Gasteiger partial charge in [-0.25, -0.2) is 14.3 Å². The summed E-state index contributed by atoms with van der Waals surface area (Å²) in [7, 11) is 0. The molecule has 36 heavy (non-hydrogen) atoms. The molecule has 0 radical (unpaired) electrons. The highest BCUT2D eigenvalue weighted by atomic mass is 32.2. The van der Waals surface area contributed by atoms with Crippen molar-refractivity contribution in [3.63, 3.8) is 0 Å². The average molecular weight is 507 g/mol. The molecule has 0 spiro atoms. The minimum Gasteiger partial charge on any atom is -0.459 e. The van der Waals surface area contributed by atoms with Crippen molar-refractivity contribution in [2.24, 2.45) is 0 Å². The highest BCUT2D eigenvalue weighted by molar-refractivity contribution is 7.98. The largest absolute Gasteiger partial charge is 0.459 e. The molecule has 4 rings (SSSR count). The molecule has 2 aromatic carbocycles. The molecule has 0 amide bonds. The maximum atomic E-state index is 12.8. The summed E-state index contributed by atoms with van der Waals surface area (Å²) in [5.41, 5.74) is 9.04. The van der Waals surface area contributed by atoms with Gasteiger partial charge in [0.05, 0.1) is 11.1 Å². The summed E-state index contributed by atoms with van der Waals surface area (Å²) in [6, 6.07) is 16.1. The lowest BCUT2D eigenvalue weighted by molar-refractivity contribution is -0.0620. The van der Waals surface area contributed by atoms with Crippen molar-refractivity contribution in [1.29, 1.82) is 5.26 Å². The Morgan fingerprint density at radius 2 is 1.69 bits per heavy atom. The van der Waals surface area contributed by atoms with E-state index in [0.29, 0.717) is 16.2 Å². The fourth-order valence-electron chi connectivity index (χ4n) is 3.88. The number of ether oxygens (including phenoxy) is 3. The zero-order chi connectivity index (χ0) is 25.8. The molecule has 3 atom stereocenters. The lowest BCUT2D eigenvalue weighted by atomic mass is 10.1. The number of aryl methyl sites for hydroxylation is 2. The summed E-state index contributed by atoms with van der Waals surface area (Å²) < 4.78 is 19.0. The van der Waals surface area contributed by atoms with Gasteiger partial charge in [0.1, 0.15) is 35.5 Å². The van der Waals surface area contributed by atoms with Gasteiger partial charge in [0, 0.05) is 6.42 Å². The summed E-state index contributed by atoms with van der Waals surface area (Å²) in [6.07, 6.45) is -0.0944. The molecule has 0 aliphatic carbocycles. The molecule has 2 heterocycles. The molecule has 0 unspecified atom stereocenters. The van der Waals surface area contributed by atoms with Crippen LogP contribution >= 0.6 is 11.8 Å². The van der Waals surface area contributed by atoms with Gasteiger partial charge in [0.25, 0.3) is 0 Å². The zero-order valence-corrected chi connectivity index (χ0v) is 21.0. The fourth-order valence-corrected chi connectivity index (χ4v) is 4.58. The number of aromatic nitrogens is 2. The predicted octanol–water partition coefficient (Wildman–Crippen LogP) is 4.05. The number of benzene rings is 2. The van der Waals surface area contributed by atoms with E-state index in [9.17, 15) is 14.9 Å². The molecule has 9 nitrogen and oxygen atoms in total. The number of nitrogen functional groups attached to an aromatic ring is 1. The number of esters is 2. The van der Waals surface area contributed by atoms with Crippen LogP contribution in [0.3, 0.4) is 0 Å². The number of nitrogens with zero attached hydrogens (tertiary/aromatic N) is 3. The van der Waals surface area contributed by atoms with Crippen molar-refractivity contribution < 1.29 is 23.8 Å². The number of hydrogen-bond acceptors (Lipinski definition) is 9. The van der Waals surface area contributed by atoms with Crippen molar-refractivity contribution in [1.82, 2.24) is 9.78 Å². The Morgan fingerprint density at radius 3 is 2.25 bits per heavy atom. The lowest BCUT2D eigenvalue weighted by Crippen LogP contribution is -2.32. The van der Waals surface area contributed by atoms with Crippen LogP contribution in [0.2, 0.25) is 0 Å². The second-order valence-electron chi connectivity index (χ2n) is 8.47. The highest BCUT2D eigenvalue weighted by Gasteiger charge is 2.41. The van der Waals surface area contributed by atoms with E-state index >= 15 is 0 Å². The number of nitrogens with two attached hydrogens (primary N) is 1. The zero-order valence-electron chi connectivity index (χ0n) is 20.1. The van der Waals surface area contributed by atoms with Crippen molar-refractivity contribution in [2.45, 2.75) is 43.7 Å². The van der Waals surface area contributed by atoms with E-state index in [0.717, 1.165) is 11.1 Å². The van der Waals surface area contributed by atoms with Crippen LogP contribution in [0.1, 0.15) is 50.1 Å². The smallest absolute Gasteiger partial charge is 0.338 e. The monoisotopic (exact) mass is 506 g/mol. The van der Waals surface area contributed by atoms with E-state index in [-0.39, 0.29) is 24.4 Å². The topological polar surface area (TPSA) is 129 Å². The van der Waals surface area contributed by atoms with Crippen LogP contribution in [-0.4, -0.2) is 46.8 Å². The van der Waals surface area contributed by atoms with E-state index in [1.165, 1.54) is 16.4 Å². The third-order valence-electron chi connectivity index (χ3n) is 5.86. The Morgan fingerprint density at radius 1 is 1.11 bits per heavy atom. The van der Waals surface area contributed by atoms with E-state index in [1.807, 2.05) is 38.1 Å². The molecule has 0 bridgehead atoms. The molecule has 3 aromatic rings. The predicted molar refractivity (Wildman–Crippen MR) is 134 cm³/mol. The van der Waals surface area contributed by atoms with Gasteiger partial charge in [-0.05, 0) is 44.4 Å². The van der Waals surface area contributed by atoms with Crippen molar-refractivity contribution >= 4 is 29.5 Å². The number of rotatable bonds is 7. The molecule has 10 heteroatoms. The van der Waals surface area contributed by atoms with Crippen molar-refractivity contribution in [2.75, 3.05) is 18.6 Å². The second-order valence-corrected chi connectivity index (χ2v) is 9.26. The minimum atomic E-state index is -0.746. The highest BCUT2D eigenvalue weighted by Crippen LogP contribution is 2.36. The summed E-state index contributed by atoms with van der Waals surface area (Å²) in [5, 5.41) is 14.3. The summed E-state index contributed by atoms with van der Waals surface area (Å²) >= 11 is 1.31. The van der Waals surface area contributed by atoms with Gasteiger partial charge in [-0.2, -0.15) is 10.4 Å². The Hall–Kier alpha value is -3.81. The number of hydrogen-bond donors (Lipinski definition) is 1. The number of carbonyl (C=O) groups excluding carboxylic acids is 2. The minimum absolute atomic E-state index is 0.0906. The Kier molecular flexibility index (Phi) is 7.62. The first-order valence-electron chi connectivity index (χ1n) is 11.3. The van der Waals surface area contributed by atoms with Gasteiger partial charge in [-0.3, -0.25) is 0 Å². The molecular formula is C26H26N4O5S. The lowest BCUT2D eigenvalue weighted by Gasteiger charge is -2.19. The van der Waals surface area contributed by atoms with E-state index < -0.39 is 30.4 Å². The number of anilines is 1. The summed E-state index contributed by atoms with van der Waals surface area (Å²) in [6.45, 7) is 3.72. The number of carbonyl (C=O) groups is 2. The Labute approximate surface area is 213 Å². The first kappa shape index (κ1) is 25.3. The second kappa shape index (κ2) is 10.8. The van der Waals surface area contributed by atoms with Crippen LogP contribution in [0.5, 0.6) is 0 Å². The molecule has 2 N–H and O–H groups in total. The molecule has 1 fully saturated rings. The molecule has 0 saturated carbocycles. The standard InChI is InChI=1S/C26H26N4O5S/c1-15-4-8-17(9-5-15)25(31)33-14-21-20(35-26(32)18-10-6-16(2)7-11-18)12-22(34-21)30-24(36-3)19(13-27)23(28)29-30/h4-11,20-22H,12,14H2,1-3H3,(H2,28,29)/t20-,21+,22+/m0/s1. The van der Waals surface area contributed by atoms with Gasteiger partial charge in [0.2, 0.25) is 0 Å². The third-order valence-corrected chi connectivity index (χ3v) is 6.64. The van der Waals surface area contributed by atoms with Crippen LogP contribution in [-0.2, 0) is 14.2 Å². The average Bonchev–Trinajstić information content (AvgIpc) is 3.42. The molecule has 1 saturated heterocycles. The van der Waals surface area contributed by atoms with Gasteiger partial charge in [-0.1, -0.05) is 35.4 Å². The van der Waals surface area contributed by atoms with Crippen molar-refractivity contribution in [3.8, 4) is 6.07 Å². The third kappa shape index (κ3) is 5.37. The van der Waals surface area contributed by atoms with Gasteiger partial charge < -0.3 is 19.9 Å². The van der Waals surface area contributed by atoms with Crippen LogP contribution < -0.4 is 5.73 Å². The fraction of sp³-hybridized carbons (Fsp3) is 0.308. The van der Waals surface area contributed by atoms with Gasteiger partial charge in [0.15, 0.2) is 12.0 Å².